The van der Waals surface area contributed by atoms with Gasteiger partial charge in [-0.05, 0) is 65.4 Å². The maximum Gasteiger partial charge on any atom is 0.162 e. The van der Waals surface area contributed by atoms with E-state index in [2.05, 4.69) is 76.9 Å². The molecule has 33 heavy (non-hydrogen) atoms. The van der Waals surface area contributed by atoms with E-state index in [9.17, 15) is 0 Å². The van der Waals surface area contributed by atoms with Crippen LogP contribution in [0.3, 0.4) is 0 Å². The van der Waals surface area contributed by atoms with Crippen molar-refractivity contribution in [3.05, 3.63) is 95.6 Å². The molecule has 0 amide bonds. The van der Waals surface area contributed by atoms with Crippen LogP contribution in [-0.2, 0) is 0 Å². The molecule has 0 saturated carbocycles. The molecule has 0 aromatic heterocycles. The van der Waals surface area contributed by atoms with Crippen LogP contribution in [0.2, 0.25) is 0 Å². The molecule has 3 aromatic carbocycles. The Kier molecular flexibility index (Phi) is 5.87. The summed E-state index contributed by atoms with van der Waals surface area (Å²) >= 11 is 0. The van der Waals surface area contributed by atoms with Crippen molar-refractivity contribution in [3.8, 4) is 23.8 Å². The molecule has 3 aromatic rings. The Morgan fingerprint density at radius 1 is 1.09 bits per heavy atom. The summed E-state index contributed by atoms with van der Waals surface area (Å²) in [4.78, 5) is 4.65. The lowest BCUT2D eigenvalue weighted by Gasteiger charge is -2.37. The number of rotatable bonds is 6. The lowest BCUT2D eigenvalue weighted by molar-refractivity contribution is 0.331. The van der Waals surface area contributed by atoms with Gasteiger partial charge in [0.1, 0.15) is 6.61 Å². The van der Waals surface area contributed by atoms with Crippen molar-refractivity contribution >= 4 is 17.6 Å². The molecule has 0 fully saturated rings. The van der Waals surface area contributed by atoms with Crippen molar-refractivity contribution in [2.75, 3.05) is 19.0 Å². The topological polar surface area (TPSA) is 42.8 Å². The molecule has 0 saturated heterocycles. The Hall–Kier alpha value is -3.97. The zero-order chi connectivity index (χ0) is 22.6. The van der Waals surface area contributed by atoms with Crippen molar-refractivity contribution < 1.29 is 9.47 Å². The lowest BCUT2D eigenvalue weighted by atomic mass is 9.77. The fourth-order valence-corrected chi connectivity index (χ4v) is 4.79. The SMILES string of the molecule is C#CCOc1ccc(C=Nc2ccc([C@@H]3Nc4ccccc4[C@H]4C=CC[C@@H]43)cc2)cc1OC. The Bertz CT molecular complexity index is 1240. The summed E-state index contributed by atoms with van der Waals surface area (Å²) in [5.74, 6) is 4.74. The molecule has 2 aliphatic rings. The van der Waals surface area contributed by atoms with Crippen LogP contribution >= 0.6 is 0 Å². The molecule has 1 aliphatic carbocycles. The quantitative estimate of drug-likeness (QED) is 0.282. The smallest absolute Gasteiger partial charge is 0.162 e. The first kappa shape index (κ1) is 20.9. The third kappa shape index (κ3) is 4.23. The highest BCUT2D eigenvalue weighted by Crippen LogP contribution is 2.49. The number of anilines is 1. The van der Waals surface area contributed by atoms with Crippen molar-refractivity contribution in [3.63, 3.8) is 0 Å². The molecule has 1 heterocycles. The Labute approximate surface area is 195 Å². The van der Waals surface area contributed by atoms with E-state index < -0.39 is 0 Å². The number of fused-ring (bicyclic) bond motifs is 3. The van der Waals surface area contributed by atoms with E-state index in [0.29, 0.717) is 23.3 Å². The van der Waals surface area contributed by atoms with Gasteiger partial charge in [0.2, 0.25) is 0 Å². The zero-order valence-corrected chi connectivity index (χ0v) is 18.6. The number of nitrogens with zero attached hydrogens (tertiary/aromatic N) is 1. The van der Waals surface area contributed by atoms with E-state index in [-0.39, 0.29) is 12.6 Å². The van der Waals surface area contributed by atoms with E-state index >= 15 is 0 Å². The number of nitrogens with one attached hydrogen (secondary N) is 1. The van der Waals surface area contributed by atoms with Crippen LogP contribution in [0.5, 0.6) is 11.5 Å². The second-order valence-corrected chi connectivity index (χ2v) is 8.32. The summed E-state index contributed by atoms with van der Waals surface area (Å²) in [6.45, 7) is 0.204. The average Bonchev–Trinajstić information content (AvgIpc) is 3.37. The molecule has 0 radical (unpaired) electrons. The summed E-state index contributed by atoms with van der Waals surface area (Å²) in [5.41, 5.74) is 5.76. The number of methoxy groups -OCH3 is 1. The number of hydrogen-bond donors (Lipinski definition) is 1. The minimum Gasteiger partial charge on any atom is -0.493 e. The van der Waals surface area contributed by atoms with Crippen molar-refractivity contribution in [2.24, 2.45) is 10.9 Å². The maximum absolute atomic E-state index is 5.50. The standard InChI is InChI=1S/C29H26N2O2/c1-3-17-33-27-16-11-20(18-28(27)32-2)19-30-22-14-12-21(13-15-22)29-25-9-6-8-23(25)24-7-4-5-10-26(24)31-29/h1,4-8,10-16,18-19,23,25,29,31H,9,17H2,2H3/t23-,25+,29+/m1/s1. The van der Waals surface area contributed by atoms with E-state index in [4.69, 9.17) is 15.9 Å². The summed E-state index contributed by atoms with van der Waals surface area (Å²) in [7, 11) is 1.61. The van der Waals surface area contributed by atoms with Gasteiger partial charge in [0.25, 0.3) is 0 Å². The van der Waals surface area contributed by atoms with Gasteiger partial charge in [-0.2, -0.15) is 0 Å². The molecule has 1 aliphatic heterocycles. The normalized spacial score (nSPS) is 20.5. The highest BCUT2D eigenvalue weighted by Gasteiger charge is 2.37. The largest absolute Gasteiger partial charge is 0.493 e. The van der Waals surface area contributed by atoms with Crippen molar-refractivity contribution in [2.45, 2.75) is 18.4 Å². The summed E-state index contributed by atoms with van der Waals surface area (Å²) in [5, 5.41) is 3.78. The van der Waals surface area contributed by atoms with Crippen LogP contribution in [0.1, 0.15) is 35.1 Å². The predicted molar refractivity (Wildman–Crippen MR) is 134 cm³/mol. The number of allylic oxidation sites excluding steroid dienone is 2. The van der Waals surface area contributed by atoms with Gasteiger partial charge in [0.05, 0.1) is 18.8 Å². The van der Waals surface area contributed by atoms with E-state index in [1.165, 1.54) is 16.8 Å². The minimum atomic E-state index is 0.204. The number of benzene rings is 3. The number of hydrogen-bond acceptors (Lipinski definition) is 4. The van der Waals surface area contributed by atoms with Crippen LogP contribution < -0.4 is 14.8 Å². The number of para-hydroxylation sites is 1. The third-order valence-corrected chi connectivity index (χ3v) is 6.39. The van der Waals surface area contributed by atoms with Gasteiger partial charge in [0.15, 0.2) is 11.5 Å². The van der Waals surface area contributed by atoms with Crippen LogP contribution in [0, 0.1) is 18.3 Å². The van der Waals surface area contributed by atoms with Crippen LogP contribution in [0.4, 0.5) is 11.4 Å². The molecule has 4 heteroatoms. The van der Waals surface area contributed by atoms with Gasteiger partial charge < -0.3 is 14.8 Å². The molecular weight excluding hydrogens is 408 g/mol. The molecule has 164 valence electrons. The fourth-order valence-electron chi connectivity index (χ4n) is 4.79. The molecule has 1 N–H and O–H groups in total. The van der Waals surface area contributed by atoms with Gasteiger partial charge in [-0.1, -0.05) is 48.4 Å². The van der Waals surface area contributed by atoms with Crippen LogP contribution in [0.15, 0.2) is 83.9 Å². The third-order valence-electron chi connectivity index (χ3n) is 6.39. The molecule has 0 spiro atoms. The van der Waals surface area contributed by atoms with E-state index in [1.807, 2.05) is 24.4 Å². The Balaban J connectivity index is 1.32. The first-order valence-electron chi connectivity index (χ1n) is 11.2. The van der Waals surface area contributed by atoms with Gasteiger partial charge in [0, 0.05) is 17.8 Å². The number of aliphatic imine (C=N–C) groups is 1. The zero-order valence-electron chi connectivity index (χ0n) is 18.6. The monoisotopic (exact) mass is 434 g/mol. The number of terminal acetylenes is 1. The first-order valence-corrected chi connectivity index (χ1v) is 11.2. The Morgan fingerprint density at radius 3 is 2.76 bits per heavy atom. The first-order chi connectivity index (χ1) is 16.3. The van der Waals surface area contributed by atoms with E-state index in [0.717, 1.165) is 17.7 Å². The number of ether oxygens (including phenoxy) is 2. The maximum atomic E-state index is 5.50. The highest BCUT2D eigenvalue weighted by molar-refractivity contribution is 5.83. The molecule has 5 rings (SSSR count). The summed E-state index contributed by atoms with van der Waals surface area (Å²) in [6, 6.07) is 23.1. The predicted octanol–water partition coefficient (Wildman–Crippen LogP) is 6.28. The van der Waals surface area contributed by atoms with Gasteiger partial charge in [-0.3, -0.25) is 4.99 Å². The summed E-state index contributed by atoms with van der Waals surface area (Å²) < 4.78 is 10.9. The highest BCUT2D eigenvalue weighted by atomic mass is 16.5. The molecule has 3 atom stereocenters. The van der Waals surface area contributed by atoms with Gasteiger partial charge in [-0.15, -0.1) is 6.42 Å². The Morgan fingerprint density at radius 2 is 1.94 bits per heavy atom. The second kappa shape index (κ2) is 9.26. The molecule has 4 nitrogen and oxygen atoms in total. The molecule has 0 unspecified atom stereocenters. The van der Waals surface area contributed by atoms with Crippen LogP contribution in [-0.4, -0.2) is 19.9 Å². The van der Waals surface area contributed by atoms with Gasteiger partial charge in [-0.25, -0.2) is 0 Å². The fraction of sp³-hybridized carbons (Fsp3) is 0.207. The molecular formula is C29H26N2O2. The lowest BCUT2D eigenvalue weighted by Crippen LogP contribution is -2.28. The van der Waals surface area contributed by atoms with Crippen LogP contribution in [0.25, 0.3) is 0 Å². The molecule has 0 bridgehead atoms. The van der Waals surface area contributed by atoms with Crippen molar-refractivity contribution in [1.82, 2.24) is 0 Å². The van der Waals surface area contributed by atoms with Crippen molar-refractivity contribution in [1.29, 1.82) is 0 Å². The second-order valence-electron chi connectivity index (χ2n) is 8.32. The summed E-state index contributed by atoms with van der Waals surface area (Å²) in [6.07, 6.45) is 12.9. The van der Waals surface area contributed by atoms with E-state index in [1.54, 1.807) is 7.11 Å². The average molecular weight is 435 g/mol. The van der Waals surface area contributed by atoms with Gasteiger partial charge >= 0.3 is 0 Å². The minimum absolute atomic E-state index is 0.204.